The largest absolute Gasteiger partial charge is 0.339 e. The molecule has 6 nitrogen and oxygen atoms in total. The van der Waals surface area contributed by atoms with Crippen molar-refractivity contribution in [3.8, 4) is 17.5 Å². The molecule has 7 heteroatoms. The summed E-state index contributed by atoms with van der Waals surface area (Å²) in [6.07, 6.45) is 2.67. The summed E-state index contributed by atoms with van der Waals surface area (Å²) in [5.41, 5.74) is 2.14. The van der Waals surface area contributed by atoms with Gasteiger partial charge in [0.25, 0.3) is 5.91 Å². The van der Waals surface area contributed by atoms with Crippen molar-refractivity contribution >= 4 is 17.2 Å². The van der Waals surface area contributed by atoms with E-state index in [4.69, 9.17) is 9.78 Å². The molecule has 1 unspecified atom stereocenters. The zero-order chi connectivity index (χ0) is 18.6. The lowest BCUT2D eigenvalue weighted by Gasteiger charge is -2.32. The Morgan fingerprint density at radius 3 is 2.93 bits per heavy atom. The Morgan fingerprint density at radius 1 is 1.33 bits per heavy atom. The number of aromatic nitrogens is 2. The molecular weight excluding hydrogens is 360 g/mol. The molecule has 1 aliphatic rings. The quantitative estimate of drug-likeness (QED) is 0.690. The fourth-order valence-corrected chi connectivity index (χ4v) is 4.01. The Hall–Kier alpha value is -2.98. The highest BCUT2D eigenvalue weighted by atomic mass is 32.1. The van der Waals surface area contributed by atoms with E-state index in [0.29, 0.717) is 41.7 Å². The van der Waals surface area contributed by atoms with Gasteiger partial charge in [-0.05, 0) is 54.5 Å². The van der Waals surface area contributed by atoms with E-state index in [1.54, 1.807) is 35.6 Å². The highest BCUT2D eigenvalue weighted by molar-refractivity contribution is 7.08. The first kappa shape index (κ1) is 17.4. The predicted molar refractivity (Wildman–Crippen MR) is 101 cm³/mol. The van der Waals surface area contributed by atoms with Crippen molar-refractivity contribution in [2.45, 2.75) is 19.3 Å². The summed E-state index contributed by atoms with van der Waals surface area (Å²) in [5.74, 6) is 1.55. The maximum absolute atomic E-state index is 12.7. The summed E-state index contributed by atoms with van der Waals surface area (Å²) >= 11 is 1.60. The summed E-state index contributed by atoms with van der Waals surface area (Å²) in [4.78, 5) is 19.1. The van der Waals surface area contributed by atoms with Gasteiger partial charge in [-0.15, -0.1) is 0 Å². The zero-order valence-corrected chi connectivity index (χ0v) is 15.5. The number of carbonyl (C=O) groups excluding carboxylic acids is 1. The third-order valence-corrected chi connectivity index (χ3v) is 5.46. The molecule has 1 fully saturated rings. The number of carbonyl (C=O) groups is 1. The lowest BCUT2D eigenvalue weighted by molar-refractivity contribution is 0.0668. The third kappa shape index (κ3) is 3.91. The molecule has 3 heterocycles. The summed E-state index contributed by atoms with van der Waals surface area (Å²) in [6, 6.07) is 10.8. The van der Waals surface area contributed by atoms with Crippen molar-refractivity contribution in [2.24, 2.45) is 5.92 Å². The number of nitrogens with zero attached hydrogens (tertiary/aromatic N) is 4. The Bertz CT molecular complexity index is 957. The average molecular weight is 378 g/mol. The fraction of sp³-hybridized carbons (Fsp3) is 0.300. The molecule has 136 valence electrons. The Balaban J connectivity index is 1.40. The first-order valence-electron chi connectivity index (χ1n) is 8.87. The second-order valence-corrected chi connectivity index (χ2v) is 7.46. The molecule has 1 atom stereocenters. The normalized spacial score (nSPS) is 16.9. The van der Waals surface area contributed by atoms with E-state index < -0.39 is 0 Å². The van der Waals surface area contributed by atoms with Crippen LogP contribution in [0.1, 0.15) is 34.7 Å². The number of hydrogen-bond donors (Lipinski definition) is 0. The van der Waals surface area contributed by atoms with Crippen LogP contribution in [0.15, 0.2) is 45.6 Å². The van der Waals surface area contributed by atoms with Crippen molar-refractivity contribution in [3.63, 3.8) is 0 Å². The van der Waals surface area contributed by atoms with E-state index in [1.807, 2.05) is 21.7 Å². The number of benzene rings is 1. The highest BCUT2D eigenvalue weighted by Gasteiger charge is 2.26. The second kappa shape index (κ2) is 7.72. The van der Waals surface area contributed by atoms with Crippen molar-refractivity contribution in [3.05, 3.63) is 58.1 Å². The molecule has 1 aromatic carbocycles. The molecule has 27 heavy (non-hydrogen) atoms. The van der Waals surface area contributed by atoms with Gasteiger partial charge < -0.3 is 9.42 Å². The molecule has 4 rings (SSSR count). The molecule has 0 aliphatic carbocycles. The number of rotatable bonds is 4. The van der Waals surface area contributed by atoms with Crippen LogP contribution < -0.4 is 0 Å². The van der Waals surface area contributed by atoms with Crippen LogP contribution in [-0.2, 0) is 6.42 Å². The molecule has 0 bridgehead atoms. The van der Waals surface area contributed by atoms with Crippen LogP contribution in [0.4, 0.5) is 0 Å². The minimum absolute atomic E-state index is 0.00804. The molecule has 1 aliphatic heterocycles. The Kier molecular flexibility index (Phi) is 4.99. The maximum atomic E-state index is 12.7. The van der Waals surface area contributed by atoms with Gasteiger partial charge in [-0.1, -0.05) is 5.16 Å². The summed E-state index contributed by atoms with van der Waals surface area (Å²) < 4.78 is 5.41. The summed E-state index contributed by atoms with van der Waals surface area (Å²) in [6.45, 7) is 1.42. The molecule has 1 amide bonds. The van der Waals surface area contributed by atoms with Crippen LogP contribution >= 0.6 is 11.3 Å². The van der Waals surface area contributed by atoms with Crippen molar-refractivity contribution < 1.29 is 9.32 Å². The lowest BCUT2D eigenvalue weighted by Crippen LogP contribution is -2.40. The monoisotopic (exact) mass is 378 g/mol. The van der Waals surface area contributed by atoms with Crippen LogP contribution in [0.25, 0.3) is 11.4 Å². The molecule has 0 saturated carbocycles. The highest BCUT2D eigenvalue weighted by Crippen LogP contribution is 2.24. The molecule has 2 aromatic heterocycles. The number of amides is 1. The van der Waals surface area contributed by atoms with Gasteiger partial charge in [0.2, 0.25) is 11.7 Å². The second-order valence-electron chi connectivity index (χ2n) is 6.68. The molecule has 0 spiro atoms. The minimum Gasteiger partial charge on any atom is -0.339 e. The molecule has 0 radical (unpaired) electrons. The van der Waals surface area contributed by atoms with E-state index in [0.717, 1.165) is 24.9 Å². The predicted octanol–water partition coefficient (Wildman–Crippen LogP) is 3.76. The van der Waals surface area contributed by atoms with Gasteiger partial charge in [-0.3, -0.25) is 4.79 Å². The molecule has 3 aromatic rings. The van der Waals surface area contributed by atoms with Gasteiger partial charge in [0.15, 0.2) is 0 Å². The van der Waals surface area contributed by atoms with E-state index >= 15 is 0 Å². The van der Waals surface area contributed by atoms with Crippen LogP contribution in [0, 0.1) is 17.2 Å². The summed E-state index contributed by atoms with van der Waals surface area (Å²) in [5, 5.41) is 16.9. The maximum Gasteiger partial charge on any atom is 0.253 e. The van der Waals surface area contributed by atoms with Crippen LogP contribution in [0.2, 0.25) is 0 Å². The fourth-order valence-electron chi connectivity index (χ4n) is 3.38. The topological polar surface area (TPSA) is 83.0 Å². The Labute approximate surface area is 161 Å². The van der Waals surface area contributed by atoms with Gasteiger partial charge in [0, 0.05) is 36.0 Å². The minimum atomic E-state index is 0.00804. The molecule has 0 N–H and O–H groups in total. The van der Waals surface area contributed by atoms with Crippen LogP contribution in [0.3, 0.4) is 0 Å². The average Bonchev–Trinajstić information content (AvgIpc) is 3.39. The SMILES string of the molecule is N#Cc1ccc(C(=O)N2CCCC(Cc3nc(-c4ccsc4)no3)C2)cc1. The van der Waals surface area contributed by atoms with Crippen molar-refractivity contribution in [1.29, 1.82) is 5.26 Å². The van der Waals surface area contributed by atoms with E-state index in [9.17, 15) is 4.79 Å². The standard InChI is InChI=1S/C20H18N4O2S/c21-11-14-3-5-16(6-4-14)20(25)24-8-1-2-15(12-24)10-18-22-19(23-26-18)17-7-9-27-13-17/h3-7,9,13,15H,1-2,8,10,12H2. The third-order valence-electron chi connectivity index (χ3n) is 4.78. The molecular formula is C20H18N4O2S. The zero-order valence-electron chi connectivity index (χ0n) is 14.7. The van der Waals surface area contributed by atoms with E-state index in [-0.39, 0.29) is 5.91 Å². The number of thiophene rings is 1. The van der Waals surface area contributed by atoms with Gasteiger partial charge in [-0.2, -0.15) is 21.6 Å². The van der Waals surface area contributed by atoms with Crippen LogP contribution in [0.5, 0.6) is 0 Å². The van der Waals surface area contributed by atoms with Crippen molar-refractivity contribution in [1.82, 2.24) is 15.0 Å². The van der Waals surface area contributed by atoms with E-state index in [1.165, 1.54) is 0 Å². The number of likely N-dealkylation sites (tertiary alicyclic amines) is 1. The van der Waals surface area contributed by atoms with E-state index in [2.05, 4.69) is 16.2 Å². The number of nitriles is 1. The van der Waals surface area contributed by atoms with Crippen molar-refractivity contribution in [2.75, 3.05) is 13.1 Å². The number of hydrogen-bond acceptors (Lipinski definition) is 6. The first-order chi connectivity index (χ1) is 13.2. The molecule has 1 saturated heterocycles. The number of piperidine rings is 1. The van der Waals surface area contributed by atoms with Crippen LogP contribution in [-0.4, -0.2) is 34.0 Å². The Morgan fingerprint density at radius 2 is 2.19 bits per heavy atom. The lowest BCUT2D eigenvalue weighted by atomic mass is 9.94. The van der Waals surface area contributed by atoms with Gasteiger partial charge in [-0.25, -0.2) is 0 Å². The first-order valence-corrected chi connectivity index (χ1v) is 9.82. The van der Waals surface area contributed by atoms with Gasteiger partial charge in [0.05, 0.1) is 11.6 Å². The summed E-state index contributed by atoms with van der Waals surface area (Å²) in [7, 11) is 0. The van der Waals surface area contributed by atoms with Gasteiger partial charge >= 0.3 is 0 Å². The smallest absolute Gasteiger partial charge is 0.253 e. The van der Waals surface area contributed by atoms with Gasteiger partial charge in [0.1, 0.15) is 0 Å².